The van der Waals surface area contributed by atoms with Gasteiger partial charge in [0.05, 0.1) is 11.6 Å². The van der Waals surface area contributed by atoms with Gasteiger partial charge in [-0.1, -0.05) is 12.8 Å². The summed E-state index contributed by atoms with van der Waals surface area (Å²) in [7, 11) is 0. The highest BCUT2D eigenvalue weighted by Crippen LogP contribution is 2.35. The Kier molecular flexibility index (Phi) is 4.62. The van der Waals surface area contributed by atoms with Gasteiger partial charge in [-0.2, -0.15) is 5.26 Å². The molecule has 116 valence electrons. The molecule has 1 amide bonds. The summed E-state index contributed by atoms with van der Waals surface area (Å²) in [6.45, 7) is 0.964. The third-order valence-corrected chi connectivity index (χ3v) is 4.91. The Labute approximate surface area is 131 Å². The number of carbonyl (C=O) groups excluding carboxylic acids is 1. The summed E-state index contributed by atoms with van der Waals surface area (Å²) in [5.41, 5.74) is 0.597. The van der Waals surface area contributed by atoms with Crippen LogP contribution in [-0.4, -0.2) is 30.0 Å². The molecular formula is C18H22N2O2. The highest BCUT2D eigenvalue weighted by molar-refractivity contribution is 5.78. The van der Waals surface area contributed by atoms with E-state index in [1.54, 1.807) is 24.3 Å². The quantitative estimate of drug-likeness (QED) is 0.861. The number of ether oxygens (including phenoxy) is 1. The minimum absolute atomic E-state index is 0.0924. The van der Waals surface area contributed by atoms with Crippen LogP contribution in [0.4, 0.5) is 0 Å². The molecule has 0 bridgehead atoms. The maximum Gasteiger partial charge on any atom is 0.260 e. The number of carbonyl (C=O) groups is 1. The first-order valence-electron chi connectivity index (χ1n) is 8.20. The lowest BCUT2D eigenvalue weighted by Gasteiger charge is -2.44. The standard InChI is InChI=1S/C18H22N2O2/c19-12-14-7-9-16(10-8-14)22-13-18(21)20-11-3-5-15-4-1-2-6-17(15)20/h7-10,15,17H,1-6,11,13H2/t15-,17+/m1/s1. The van der Waals surface area contributed by atoms with Crippen molar-refractivity contribution in [1.82, 2.24) is 4.90 Å². The molecule has 1 saturated heterocycles. The minimum atomic E-state index is 0.0924. The number of amides is 1. The number of nitrogens with zero attached hydrogens (tertiary/aromatic N) is 2. The van der Waals surface area contributed by atoms with Crippen LogP contribution >= 0.6 is 0 Å². The van der Waals surface area contributed by atoms with E-state index in [1.165, 1.54) is 25.7 Å². The van der Waals surface area contributed by atoms with Gasteiger partial charge in [0.15, 0.2) is 6.61 Å². The molecule has 0 unspecified atom stereocenters. The van der Waals surface area contributed by atoms with Crippen LogP contribution in [0.5, 0.6) is 5.75 Å². The minimum Gasteiger partial charge on any atom is -0.484 e. The fourth-order valence-corrected chi connectivity index (χ4v) is 3.79. The topological polar surface area (TPSA) is 53.3 Å². The van der Waals surface area contributed by atoms with Crippen LogP contribution in [-0.2, 0) is 4.79 Å². The molecule has 2 atom stereocenters. The Morgan fingerprint density at radius 1 is 1.18 bits per heavy atom. The van der Waals surface area contributed by atoms with Gasteiger partial charge in [0, 0.05) is 12.6 Å². The average molecular weight is 298 g/mol. The Balaban J connectivity index is 1.57. The number of hydrogen-bond acceptors (Lipinski definition) is 3. The number of fused-ring (bicyclic) bond motifs is 1. The van der Waals surface area contributed by atoms with Crippen molar-refractivity contribution >= 4 is 5.91 Å². The van der Waals surface area contributed by atoms with Gasteiger partial charge < -0.3 is 9.64 Å². The Morgan fingerprint density at radius 3 is 2.68 bits per heavy atom. The molecule has 4 nitrogen and oxygen atoms in total. The molecule has 1 aliphatic carbocycles. The fraction of sp³-hybridized carbons (Fsp3) is 0.556. The van der Waals surface area contributed by atoms with Gasteiger partial charge in [0.25, 0.3) is 5.91 Å². The van der Waals surface area contributed by atoms with Crippen molar-refractivity contribution in [2.24, 2.45) is 5.92 Å². The SMILES string of the molecule is N#Cc1ccc(OCC(=O)N2CCC[C@H]3CCCC[C@@H]32)cc1. The lowest BCUT2D eigenvalue weighted by Crippen LogP contribution is -2.51. The van der Waals surface area contributed by atoms with E-state index in [4.69, 9.17) is 10.00 Å². The van der Waals surface area contributed by atoms with Crippen LogP contribution in [0.15, 0.2) is 24.3 Å². The third kappa shape index (κ3) is 3.24. The molecule has 4 heteroatoms. The summed E-state index contributed by atoms with van der Waals surface area (Å²) < 4.78 is 5.60. The lowest BCUT2D eigenvalue weighted by atomic mass is 9.78. The lowest BCUT2D eigenvalue weighted by molar-refractivity contribution is -0.139. The molecule has 22 heavy (non-hydrogen) atoms. The fourth-order valence-electron chi connectivity index (χ4n) is 3.79. The Hall–Kier alpha value is -2.02. The largest absolute Gasteiger partial charge is 0.484 e. The van der Waals surface area contributed by atoms with Crippen LogP contribution < -0.4 is 4.74 Å². The molecule has 0 aromatic heterocycles. The second kappa shape index (κ2) is 6.83. The first-order chi connectivity index (χ1) is 10.8. The number of hydrogen-bond donors (Lipinski definition) is 0. The molecule has 3 rings (SSSR count). The predicted molar refractivity (Wildman–Crippen MR) is 83.3 cm³/mol. The normalized spacial score (nSPS) is 24.2. The summed E-state index contributed by atoms with van der Waals surface area (Å²) in [5, 5.41) is 8.78. The van der Waals surface area contributed by atoms with Crippen molar-refractivity contribution in [3.8, 4) is 11.8 Å². The van der Waals surface area contributed by atoms with Crippen molar-refractivity contribution in [1.29, 1.82) is 5.26 Å². The zero-order valence-electron chi connectivity index (χ0n) is 12.8. The van der Waals surface area contributed by atoms with Crippen LogP contribution in [0.25, 0.3) is 0 Å². The highest BCUT2D eigenvalue weighted by Gasteiger charge is 2.35. The first-order valence-corrected chi connectivity index (χ1v) is 8.20. The third-order valence-electron chi connectivity index (χ3n) is 4.91. The van der Waals surface area contributed by atoms with E-state index in [-0.39, 0.29) is 12.5 Å². The Bertz CT molecular complexity index is 559. The molecule has 0 N–H and O–H groups in total. The van der Waals surface area contributed by atoms with E-state index in [0.29, 0.717) is 23.3 Å². The number of piperidine rings is 1. The van der Waals surface area contributed by atoms with Crippen LogP contribution in [0.3, 0.4) is 0 Å². The van der Waals surface area contributed by atoms with E-state index in [2.05, 4.69) is 11.0 Å². The second-order valence-corrected chi connectivity index (χ2v) is 6.27. The number of nitriles is 1. The molecule has 1 aromatic carbocycles. The molecule has 0 spiro atoms. The maximum atomic E-state index is 12.5. The maximum absolute atomic E-state index is 12.5. The monoisotopic (exact) mass is 298 g/mol. The first kappa shape index (κ1) is 14.9. The van der Waals surface area contributed by atoms with Crippen LogP contribution in [0, 0.1) is 17.2 Å². The van der Waals surface area contributed by atoms with E-state index in [1.807, 2.05) is 0 Å². The number of likely N-dealkylation sites (tertiary alicyclic amines) is 1. The van der Waals surface area contributed by atoms with Crippen molar-refractivity contribution in [3.05, 3.63) is 29.8 Å². The summed E-state index contributed by atoms with van der Waals surface area (Å²) in [6.07, 6.45) is 7.35. The van der Waals surface area contributed by atoms with Crippen LogP contribution in [0.2, 0.25) is 0 Å². The molecule has 1 aromatic rings. The summed E-state index contributed by atoms with van der Waals surface area (Å²) >= 11 is 0. The van der Waals surface area contributed by atoms with Crippen molar-refractivity contribution < 1.29 is 9.53 Å². The summed E-state index contributed by atoms with van der Waals surface area (Å²) in [6, 6.07) is 9.40. The van der Waals surface area contributed by atoms with Gasteiger partial charge in [-0.3, -0.25) is 4.79 Å². The number of rotatable bonds is 3. The molecule has 1 heterocycles. The van der Waals surface area contributed by atoms with Gasteiger partial charge in [0.2, 0.25) is 0 Å². The summed E-state index contributed by atoms with van der Waals surface area (Å²) in [5.74, 6) is 1.44. The highest BCUT2D eigenvalue weighted by atomic mass is 16.5. The molecule has 0 radical (unpaired) electrons. The van der Waals surface area contributed by atoms with Crippen molar-refractivity contribution in [2.75, 3.05) is 13.2 Å². The van der Waals surface area contributed by atoms with E-state index >= 15 is 0 Å². The molecular weight excluding hydrogens is 276 g/mol. The smallest absolute Gasteiger partial charge is 0.260 e. The van der Waals surface area contributed by atoms with Gasteiger partial charge in [-0.25, -0.2) is 0 Å². The van der Waals surface area contributed by atoms with E-state index < -0.39 is 0 Å². The number of benzene rings is 1. The summed E-state index contributed by atoms with van der Waals surface area (Å²) in [4.78, 5) is 14.6. The van der Waals surface area contributed by atoms with Crippen molar-refractivity contribution in [3.63, 3.8) is 0 Å². The van der Waals surface area contributed by atoms with Gasteiger partial charge >= 0.3 is 0 Å². The van der Waals surface area contributed by atoms with Gasteiger partial charge in [0.1, 0.15) is 5.75 Å². The second-order valence-electron chi connectivity index (χ2n) is 6.27. The molecule has 2 aliphatic rings. The van der Waals surface area contributed by atoms with Crippen molar-refractivity contribution in [2.45, 2.75) is 44.6 Å². The van der Waals surface area contributed by atoms with E-state index in [9.17, 15) is 4.79 Å². The predicted octanol–water partition coefficient (Wildman–Crippen LogP) is 3.12. The molecule has 1 saturated carbocycles. The van der Waals surface area contributed by atoms with Crippen LogP contribution in [0.1, 0.15) is 44.1 Å². The molecule has 1 aliphatic heterocycles. The van der Waals surface area contributed by atoms with Gasteiger partial charge in [-0.15, -0.1) is 0 Å². The average Bonchev–Trinajstić information content (AvgIpc) is 2.59. The van der Waals surface area contributed by atoms with E-state index in [0.717, 1.165) is 19.4 Å². The van der Waals surface area contributed by atoms with Gasteiger partial charge in [-0.05, 0) is 55.9 Å². The zero-order chi connectivity index (χ0) is 15.4. The Morgan fingerprint density at radius 2 is 1.91 bits per heavy atom. The molecule has 2 fully saturated rings. The zero-order valence-corrected chi connectivity index (χ0v) is 12.8.